The minimum atomic E-state index is -0.561. The first kappa shape index (κ1) is 14.3. The van der Waals surface area contributed by atoms with E-state index in [0.29, 0.717) is 11.3 Å². The lowest BCUT2D eigenvalue weighted by Crippen LogP contribution is -2.27. The van der Waals surface area contributed by atoms with Gasteiger partial charge in [0, 0.05) is 10.9 Å². The van der Waals surface area contributed by atoms with Crippen LogP contribution in [0, 0.1) is 0 Å². The van der Waals surface area contributed by atoms with Crippen molar-refractivity contribution in [2.45, 2.75) is 33.0 Å². The molecule has 0 aliphatic heterocycles. The van der Waals surface area contributed by atoms with Gasteiger partial charge < -0.3 is 9.84 Å². The van der Waals surface area contributed by atoms with Crippen LogP contribution in [-0.2, 0) is 11.3 Å². The largest absolute Gasteiger partial charge is 0.444 e. The van der Waals surface area contributed by atoms with Gasteiger partial charge in [0.25, 0.3) is 0 Å². The molecule has 0 aliphatic rings. The van der Waals surface area contributed by atoms with Gasteiger partial charge in [-0.15, -0.1) is 0 Å². The highest BCUT2D eigenvalue weighted by Crippen LogP contribution is 2.28. The van der Waals surface area contributed by atoms with Crippen molar-refractivity contribution in [3.05, 3.63) is 42.0 Å². The molecule has 0 atom stereocenters. The highest BCUT2D eigenvalue weighted by molar-refractivity contribution is 6.01. The monoisotopic (exact) mass is 273 g/mol. The number of amides is 1. The summed E-state index contributed by atoms with van der Waals surface area (Å²) >= 11 is 0. The number of rotatable bonds is 2. The molecular weight excluding hydrogens is 254 g/mol. The third kappa shape index (κ3) is 3.27. The van der Waals surface area contributed by atoms with E-state index in [-0.39, 0.29) is 6.61 Å². The minimum absolute atomic E-state index is 0.143. The number of fused-ring (bicyclic) bond motifs is 1. The lowest BCUT2D eigenvalue weighted by molar-refractivity contribution is 0.0636. The second kappa shape index (κ2) is 5.51. The molecule has 20 heavy (non-hydrogen) atoms. The smallest absolute Gasteiger partial charge is 0.412 e. The van der Waals surface area contributed by atoms with Crippen LogP contribution in [0.1, 0.15) is 26.3 Å². The summed E-state index contributed by atoms with van der Waals surface area (Å²) in [7, 11) is 0. The van der Waals surface area contributed by atoms with E-state index in [1.165, 1.54) is 0 Å². The highest BCUT2D eigenvalue weighted by atomic mass is 16.6. The number of ether oxygens (including phenoxy) is 1. The Balaban J connectivity index is 2.39. The van der Waals surface area contributed by atoms with Gasteiger partial charge in [0.2, 0.25) is 0 Å². The van der Waals surface area contributed by atoms with Crippen molar-refractivity contribution in [2.24, 2.45) is 0 Å². The third-order valence-corrected chi connectivity index (χ3v) is 2.81. The van der Waals surface area contributed by atoms with Crippen LogP contribution in [0.25, 0.3) is 10.8 Å². The highest BCUT2D eigenvalue weighted by Gasteiger charge is 2.18. The summed E-state index contributed by atoms with van der Waals surface area (Å²) in [6.45, 7) is 5.28. The Morgan fingerprint density at radius 3 is 2.55 bits per heavy atom. The number of carbonyl (C=O) groups excluding carboxylic acids is 1. The Labute approximate surface area is 118 Å². The van der Waals surface area contributed by atoms with E-state index in [0.717, 1.165) is 10.8 Å². The second-order valence-electron chi connectivity index (χ2n) is 5.61. The summed E-state index contributed by atoms with van der Waals surface area (Å²) in [6.07, 6.45) is -0.524. The number of aliphatic hydroxyl groups excluding tert-OH is 1. The minimum Gasteiger partial charge on any atom is -0.444 e. The third-order valence-electron chi connectivity index (χ3n) is 2.81. The molecule has 0 spiro atoms. The quantitative estimate of drug-likeness (QED) is 0.877. The molecule has 2 aromatic carbocycles. The molecule has 0 unspecified atom stereocenters. The number of aliphatic hydroxyl groups is 1. The molecule has 106 valence electrons. The zero-order valence-electron chi connectivity index (χ0n) is 11.9. The van der Waals surface area contributed by atoms with Crippen LogP contribution >= 0.6 is 0 Å². The molecule has 2 aromatic rings. The summed E-state index contributed by atoms with van der Waals surface area (Å²) < 4.78 is 5.26. The maximum Gasteiger partial charge on any atom is 0.412 e. The molecule has 2 N–H and O–H groups in total. The second-order valence-corrected chi connectivity index (χ2v) is 5.61. The van der Waals surface area contributed by atoms with E-state index in [2.05, 4.69) is 5.32 Å². The van der Waals surface area contributed by atoms with E-state index in [9.17, 15) is 9.90 Å². The van der Waals surface area contributed by atoms with E-state index >= 15 is 0 Å². The Bertz CT molecular complexity index is 629. The summed E-state index contributed by atoms with van der Waals surface area (Å²) in [6, 6.07) is 11.4. The fourth-order valence-electron chi connectivity index (χ4n) is 2.00. The van der Waals surface area contributed by atoms with Crippen molar-refractivity contribution in [2.75, 3.05) is 5.32 Å². The van der Waals surface area contributed by atoms with Crippen LogP contribution in [-0.4, -0.2) is 16.8 Å². The molecule has 4 heteroatoms. The summed E-state index contributed by atoms with van der Waals surface area (Å²) in [5, 5.41) is 14.0. The lowest BCUT2D eigenvalue weighted by atomic mass is 10.0. The predicted molar refractivity (Wildman–Crippen MR) is 79.7 cm³/mol. The molecule has 0 bridgehead atoms. The van der Waals surface area contributed by atoms with Crippen molar-refractivity contribution in [3.8, 4) is 0 Å². The van der Waals surface area contributed by atoms with Crippen molar-refractivity contribution < 1.29 is 14.6 Å². The maximum absolute atomic E-state index is 11.9. The number of benzene rings is 2. The number of nitrogens with one attached hydrogen (secondary N) is 1. The Kier molecular flexibility index (Phi) is 3.95. The van der Waals surface area contributed by atoms with Gasteiger partial charge in [0.15, 0.2) is 0 Å². The van der Waals surface area contributed by atoms with Crippen LogP contribution in [0.2, 0.25) is 0 Å². The van der Waals surface area contributed by atoms with Gasteiger partial charge in [0.1, 0.15) is 5.60 Å². The van der Waals surface area contributed by atoms with Gasteiger partial charge in [-0.1, -0.05) is 36.4 Å². The molecule has 2 rings (SSSR count). The molecule has 0 aliphatic carbocycles. The lowest BCUT2D eigenvalue weighted by Gasteiger charge is -2.21. The molecule has 1 amide bonds. The Morgan fingerprint density at radius 1 is 1.20 bits per heavy atom. The molecule has 0 radical (unpaired) electrons. The van der Waals surface area contributed by atoms with Crippen molar-refractivity contribution >= 4 is 22.6 Å². The zero-order valence-corrected chi connectivity index (χ0v) is 11.9. The normalized spacial score (nSPS) is 11.4. The first-order valence-electron chi connectivity index (χ1n) is 6.52. The number of carbonyl (C=O) groups is 1. The van der Waals surface area contributed by atoms with Gasteiger partial charge >= 0.3 is 6.09 Å². The predicted octanol–water partition coefficient (Wildman–Crippen LogP) is 3.68. The van der Waals surface area contributed by atoms with Crippen molar-refractivity contribution in [1.29, 1.82) is 0 Å². The SMILES string of the molecule is CC(C)(C)OC(=O)Nc1c(CO)ccc2ccccc12. The summed E-state index contributed by atoms with van der Waals surface area (Å²) in [5.41, 5.74) is 0.697. The van der Waals surface area contributed by atoms with Crippen LogP contribution in [0.5, 0.6) is 0 Å². The van der Waals surface area contributed by atoms with Gasteiger partial charge in [-0.25, -0.2) is 4.79 Å². The van der Waals surface area contributed by atoms with Crippen LogP contribution < -0.4 is 5.32 Å². The fraction of sp³-hybridized carbons (Fsp3) is 0.312. The molecule has 0 aromatic heterocycles. The van der Waals surface area contributed by atoms with Crippen LogP contribution in [0.15, 0.2) is 36.4 Å². The topological polar surface area (TPSA) is 58.6 Å². The first-order valence-corrected chi connectivity index (χ1v) is 6.52. The summed E-state index contributed by atoms with van der Waals surface area (Å²) in [5.74, 6) is 0. The van der Waals surface area contributed by atoms with E-state index in [1.807, 2.05) is 51.1 Å². The average Bonchev–Trinajstić information content (AvgIpc) is 2.37. The van der Waals surface area contributed by atoms with Gasteiger partial charge in [-0.2, -0.15) is 0 Å². The van der Waals surface area contributed by atoms with Crippen LogP contribution in [0.4, 0.5) is 10.5 Å². The van der Waals surface area contributed by atoms with E-state index < -0.39 is 11.7 Å². The van der Waals surface area contributed by atoms with Crippen molar-refractivity contribution in [1.82, 2.24) is 0 Å². The fourth-order valence-corrected chi connectivity index (χ4v) is 2.00. The zero-order chi connectivity index (χ0) is 14.8. The van der Waals surface area contributed by atoms with Crippen LogP contribution in [0.3, 0.4) is 0 Å². The summed E-state index contributed by atoms with van der Waals surface area (Å²) in [4.78, 5) is 11.9. The average molecular weight is 273 g/mol. The number of hydrogen-bond acceptors (Lipinski definition) is 3. The van der Waals surface area contributed by atoms with Crippen molar-refractivity contribution in [3.63, 3.8) is 0 Å². The molecule has 4 nitrogen and oxygen atoms in total. The van der Waals surface area contributed by atoms with E-state index in [4.69, 9.17) is 4.74 Å². The van der Waals surface area contributed by atoms with E-state index in [1.54, 1.807) is 6.07 Å². The molecular formula is C16H19NO3. The molecule has 0 heterocycles. The Hall–Kier alpha value is -2.07. The standard InChI is InChI=1S/C16H19NO3/c1-16(2,3)20-15(19)17-14-12(10-18)9-8-11-6-4-5-7-13(11)14/h4-9,18H,10H2,1-3H3,(H,17,19). The number of anilines is 1. The van der Waals surface area contributed by atoms with Gasteiger partial charge in [-0.3, -0.25) is 5.32 Å². The molecule has 0 saturated carbocycles. The Morgan fingerprint density at radius 2 is 1.90 bits per heavy atom. The molecule has 0 fully saturated rings. The molecule has 0 saturated heterocycles. The maximum atomic E-state index is 11.9. The van der Waals surface area contributed by atoms with Gasteiger partial charge in [-0.05, 0) is 26.2 Å². The first-order chi connectivity index (χ1) is 9.40. The van der Waals surface area contributed by atoms with Gasteiger partial charge in [0.05, 0.1) is 12.3 Å². The number of hydrogen-bond donors (Lipinski definition) is 2.